The van der Waals surface area contributed by atoms with Crippen LogP contribution in [-0.4, -0.2) is 27.5 Å². The third kappa shape index (κ3) is 3.00. The summed E-state index contributed by atoms with van der Waals surface area (Å²) in [5, 5.41) is 10.1. The molecule has 1 aliphatic heterocycles. The molecule has 1 amide bonds. The number of aliphatic imine (C=N–C) groups is 1. The summed E-state index contributed by atoms with van der Waals surface area (Å²) in [7, 11) is 0. The van der Waals surface area contributed by atoms with Crippen molar-refractivity contribution >= 4 is 23.0 Å². The second-order valence-corrected chi connectivity index (χ2v) is 6.63. The molecule has 3 rings (SSSR count). The number of hydrogen-bond donors (Lipinski definition) is 1. The van der Waals surface area contributed by atoms with Gasteiger partial charge in [0.1, 0.15) is 17.2 Å². The summed E-state index contributed by atoms with van der Waals surface area (Å²) in [6, 6.07) is 10.8. The van der Waals surface area contributed by atoms with Gasteiger partial charge in [-0.3, -0.25) is 0 Å². The Hall–Kier alpha value is -2.41. The fourth-order valence-corrected chi connectivity index (χ4v) is 3.80. The highest BCUT2D eigenvalue weighted by Crippen LogP contribution is 2.48. The number of amides is 1. The Kier molecular flexibility index (Phi) is 4.51. The van der Waals surface area contributed by atoms with Crippen LogP contribution in [0.1, 0.15) is 24.1 Å². The topological polar surface area (TPSA) is 52.9 Å². The molecule has 0 spiro atoms. The zero-order valence-corrected chi connectivity index (χ0v) is 14.4. The minimum absolute atomic E-state index is 0.341. The molecular weight excluding hydrogens is 346 g/mol. The van der Waals surface area contributed by atoms with Gasteiger partial charge in [0.2, 0.25) is 0 Å². The third-order valence-corrected chi connectivity index (χ3v) is 4.98. The molecule has 0 aliphatic carbocycles. The van der Waals surface area contributed by atoms with Crippen LogP contribution in [-0.2, 0) is 5.54 Å². The van der Waals surface area contributed by atoms with Crippen molar-refractivity contribution in [1.29, 1.82) is 0 Å². The van der Waals surface area contributed by atoms with Crippen molar-refractivity contribution in [3.8, 4) is 0 Å². The molecule has 2 aromatic carbocycles. The van der Waals surface area contributed by atoms with E-state index in [2.05, 4.69) is 4.99 Å². The third-order valence-electron chi connectivity index (χ3n) is 4.33. The number of thioether (sulfide) groups is 1. The molecule has 4 nitrogen and oxygen atoms in total. The van der Waals surface area contributed by atoms with Gasteiger partial charge in [-0.15, -0.1) is 0 Å². The van der Waals surface area contributed by atoms with Gasteiger partial charge in [-0.1, -0.05) is 36.0 Å². The molecule has 130 valence electrons. The number of hydrogen-bond acceptors (Lipinski definition) is 3. The first-order valence-corrected chi connectivity index (χ1v) is 8.77. The summed E-state index contributed by atoms with van der Waals surface area (Å²) >= 11 is 1.22. The van der Waals surface area contributed by atoms with E-state index in [1.54, 1.807) is 37.4 Å². The van der Waals surface area contributed by atoms with E-state index in [0.717, 1.165) is 0 Å². The van der Waals surface area contributed by atoms with E-state index < -0.39 is 23.5 Å². The normalized spacial score (nSPS) is 22.8. The molecule has 1 aliphatic rings. The lowest BCUT2D eigenvalue weighted by Crippen LogP contribution is -2.39. The fourth-order valence-electron chi connectivity index (χ4n) is 3.14. The monoisotopic (exact) mass is 362 g/mol. The second-order valence-electron chi connectivity index (χ2n) is 5.86. The Morgan fingerprint density at radius 1 is 1.12 bits per heavy atom. The van der Waals surface area contributed by atoms with E-state index in [0.29, 0.717) is 16.3 Å². The lowest BCUT2D eigenvalue weighted by molar-refractivity contribution is 0.148. The van der Waals surface area contributed by atoms with Crippen molar-refractivity contribution in [3.63, 3.8) is 0 Å². The summed E-state index contributed by atoms with van der Waals surface area (Å²) < 4.78 is 26.7. The van der Waals surface area contributed by atoms with Gasteiger partial charge in [-0.05, 0) is 48.6 Å². The highest BCUT2D eigenvalue weighted by atomic mass is 32.2. The van der Waals surface area contributed by atoms with Crippen LogP contribution in [0.5, 0.6) is 0 Å². The van der Waals surface area contributed by atoms with Crippen LogP contribution in [0.4, 0.5) is 13.6 Å². The average molecular weight is 362 g/mol. The summed E-state index contributed by atoms with van der Waals surface area (Å²) in [4.78, 5) is 17.7. The summed E-state index contributed by atoms with van der Waals surface area (Å²) in [5.41, 5.74) is 0.337. The van der Waals surface area contributed by atoms with Crippen LogP contribution >= 0.6 is 11.8 Å². The molecule has 7 heteroatoms. The molecule has 0 unspecified atom stereocenters. The van der Waals surface area contributed by atoms with Crippen LogP contribution in [0.3, 0.4) is 0 Å². The SMILES string of the molecule is CSC1=N[C@@](C)(c2ccc(F)cc2)[C@H](c2ccc(F)cc2)N1C(=O)O. The maximum Gasteiger partial charge on any atom is 0.414 e. The smallest absolute Gasteiger partial charge is 0.414 e. The van der Waals surface area contributed by atoms with Crippen molar-refractivity contribution in [3.05, 3.63) is 71.3 Å². The van der Waals surface area contributed by atoms with E-state index in [4.69, 9.17) is 0 Å². The predicted molar refractivity (Wildman–Crippen MR) is 93.7 cm³/mol. The Morgan fingerprint density at radius 2 is 1.64 bits per heavy atom. The quantitative estimate of drug-likeness (QED) is 0.847. The molecule has 0 fully saturated rings. The van der Waals surface area contributed by atoms with Gasteiger partial charge in [0, 0.05) is 0 Å². The number of nitrogens with zero attached hydrogens (tertiary/aromatic N) is 2. The number of carbonyl (C=O) groups is 1. The zero-order valence-electron chi connectivity index (χ0n) is 13.6. The Labute approximate surface area is 148 Å². The number of carboxylic acid groups (broad SMARTS) is 1. The first kappa shape index (κ1) is 17.4. The van der Waals surface area contributed by atoms with Crippen molar-refractivity contribution < 1.29 is 18.7 Å². The lowest BCUT2D eigenvalue weighted by atomic mass is 9.81. The first-order valence-electron chi connectivity index (χ1n) is 7.54. The van der Waals surface area contributed by atoms with Crippen LogP contribution in [0.25, 0.3) is 0 Å². The van der Waals surface area contributed by atoms with Gasteiger partial charge in [0.25, 0.3) is 0 Å². The number of amidine groups is 1. The highest BCUT2D eigenvalue weighted by molar-refractivity contribution is 8.13. The fraction of sp³-hybridized carbons (Fsp3) is 0.222. The summed E-state index contributed by atoms with van der Waals surface area (Å²) in [5.74, 6) is -0.786. The largest absolute Gasteiger partial charge is 0.465 e. The average Bonchev–Trinajstić information content (AvgIpc) is 2.90. The van der Waals surface area contributed by atoms with Crippen molar-refractivity contribution in [2.45, 2.75) is 18.5 Å². The molecule has 1 heterocycles. The van der Waals surface area contributed by atoms with Crippen LogP contribution in [0.15, 0.2) is 53.5 Å². The number of rotatable bonds is 2. The van der Waals surface area contributed by atoms with E-state index in [9.17, 15) is 18.7 Å². The Bertz CT molecular complexity index is 824. The highest BCUT2D eigenvalue weighted by Gasteiger charge is 2.50. The van der Waals surface area contributed by atoms with E-state index in [-0.39, 0.29) is 5.82 Å². The molecule has 0 bridgehead atoms. The lowest BCUT2D eigenvalue weighted by Gasteiger charge is -2.33. The first-order chi connectivity index (χ1) is 11.9. The van der Waals surface area contributed by atoms with Gasteiger partial charge >= 0.3 is 6.09 Å². The zero-order chi connectivity index (χ0) is 18.2. The standard InChI is InChI=1S/C18H16F2N2O2S/c1-18(12-5-9-14(20)10-6-12)15(11-3-7-13(19)8-4-11)22(17(23)24)16(21-18)25-2/h3-10,15H,1-2H3,(H,23,24)/t15-,18-/m0/s1. The molecule has 0 aromatic heterocycles. The number of halogens is 2. The minimum atomic E-state index is -1.15. The molecular formula is C18H16F2N2O2S. The molecule has 0 saturated heterocycles. The Balaban J connectivity index is 2.18. The molecule has 2 atom stereocenters. The van der Waals surface area contributed by atoms with Crippen LogP contribution < -0.4 is 0 Å². The minimum Gasteiger partial charge on any atom is -0.465 e. The van der Waals surface area contributed by atoms with Crippen molar-refractivity contribution in [2.24, 2.45) is 4.99 Å². The second kappa shape index (κ2) is 6.48. The van der Waals surface area contributed by atoms with E-state index >= 15 is 0 Å². The van der Waals surface area contributed by atoms with Gasteiger partial charge in [0.05, 0.1) is 6.04 Å². The van der Waals surface area contributed by atoms with Crippen LogP contribution in [0.2, 0.25) is 0 Å². The Morgan fingerprint density at radius 3 is 2.12 bits per heavy atom. The van der Waals surface area contributed by atoms with E-state index in [1.807, 2.05) is 0 Å². The molecule has 2 aromatic rings. The van der Waals surface area contributed by atoms with Crippen molar-refractivity contribution in [1.82, 2.24) is 4.90 Å². The summed E-state index contributed by atoms with van der Waals surface area (Å²) in [6.45, 7) is 1.80. The van der Waals surface area contributed by atoms with Gasteiger partial charge in [-0.2, -0.15) is 0 Å². The van der Waals surface area contributed by atoms with E-state index in [1.165, 1.54) is 40.9 Å². The molecule has 0 radical (unpaired) electrons. The van der Waals surface area contributed by atoms with Crippen molar-refractivity contribution in [2.75, 3.05) is 6.26 Å². The molecule has 25 heavy (non-hydrogen) atoms. The number of benzene rings is 2. The summed E-state index contributed by atoms with van der Waals surface area (Å²) in [6.07, 6.45) is 0.598. The van der Waals surface area contributed by atoms with Gasteiger partial charge < -0.3 is 5.11 Å². The maximum atomic E-state index is 13.3. The predicted octanol–water partition coefficient (Wildman–Crippen LogP) is 4.63. The van der Waals surface area contributed by atoms with Crippen LogP contribution in [0, 0.1) is 11.6 Å². The van der Waals surface area contributed by atoms with Gasteiger partial charge in [0.15, 0.2) is 5.17 Å². The van der Waals surface area contributed by atoms with Gasteiger partial charge in [-0.25, -0.2) is 23.5 Å². The molecule has 1 N–H and O–H groups in total. The maximum absolute atomic E-state index is 13.3. The molecule has 0 saturated carbocycles.